The Balaban J connectivity index is 2.59. The van der Waals surface area contributed by atoms with Crippen molar-refractivity contribution in [3.63, 3.8) is 0 Å². The van der Waals surface area contributed by atoms with E-state index in [1.807, 2.05) is 6.92 Å². The average Bonchev–Trinajstić information content (AvgIpc) is 2.82. The van der Waals surface area contributed by atoms with Gasteiger partial charge in [-0.25, -0.2) is 0 Å². The van der Waals surface area contributed by atoms with Gasteiger partial charge in [0, 0.05) is 25.8 Å². The molecule has 0 aromatic heterocycles. The van der Waals surface area contributed by atoms with Crippen LogP contribution in [0.2, 0.25) is 0 Å². The van der Waals surface area contributed by atoms with Gasteiger partial charge in [-0.1, -0.05) is 31.9 Å². The van der Waals surface area contributed by atoms with Crippen molar-refractivity contribution in [2.24, 2.45) is 5.92 Å². The predicted octanol–water partition coefficient (Wildman–Crippen LogP) is 3.22. The smallest absolute Gasteiger partial charge is 0.327 e. The number of carbonyl (C=O) groups is 2. The molecule has 1 amide bonds. The molecule has 3 atom stereocenters. The number of halogens is 2. The van der Waals surface area contributed by atoms with E-state index in [0.717, 1.165) is 4.90 Å². The van der Waals surface area contributed by atoms with Crippen LogP contribution < -0.4 is 0 Å². The van der Waals surface area contributed by atoms with E-state index in [1.54, 1.807) is 6.92 Å². The molecule has 27 heavy (non-hydrogen) atoms. The summed E-state index contributed by atoms with van der Waals surface area (Å²) in [7, 11) is 0. The summed E-state index contributed by atoms with van der Waals surface area (Å²) in [5, 5.41) is 18.7. The molecule has 0 saturated carbocycles. The largest absolute Gasteiger partial charge is 0.481 e. The molecule has 0 unspecified atom stereocenters. The minimum absolute atomic E-state index is 0.0879. The number of carboxylic acid groups (broad SMARTS) is 1. The summed E-state index contributed by atoms with van der Waals surface area (Å²) in [4.78, 5) is 23.6. The normalized spacial score (nSPS) is 21.1. The van der Waals surface area contributed by atoms with Crippen LogP contribution in [0.25, 0.3) is 0 Å². The van der Waals surface area contributed by atoms with Gasteiger partial charge in [-0.05, 0) is 25.7 Å². The number of amides is 1. The highest BCUT2D eigenvalue weighted by atomic mass is 19.3. The van der Waals surface area contributed by atoms with E-state index in [-0.39, 0.29) is 18.9 Å². The molecule has 1 aliphatic rings. The number of rotatable bonds is 11. The molecule has 152 valence electrons. The van der Waals surface area contributed by atoms with E-state index < -0.39 is 36.4 Å². The first-order valence-corrected chi connectivity index (χ1v) is 9.35. The van der Waals surface area contributed by atoms with Crippen LogP contribution in [0.4, 0.5) is 8.78 Å². The van der Waals surface area contributed by atoms with Gasteiger partial charge in [-0.15, -0.1) is 11.8 Å². The Hall–Kier alpha value is -1.94. The van der Waals surface area contributed by atoms with Gasteiger partial charge >= 0.3 is 11.9 Å². The first-order valence-electron chi connectivity index (χ1n) is 9.35. The summed E-state index contributed by atoms with van der Waals surface area (Å²) < 4.78 is 27.7. The van der Waals surface area contributed by atoms with Crippen molar-refractivity contribution in [3.8, 4) is 11.8 Å². The van der Waals surface area contributed by atoms with E-state index in [9.17, 15) is 23.5 Å². The zero-order valence-corrected chi connectivity index (χ0v) is 16.0. The number of alkyl halides is 2. The number of nitrogens with zero attached hydrogens (tertiary/aromatic N) is 1. The zero-order valence-electron chi connectivity index (χ0n) is 16.0. The molecule has 0 spiro atoms. The number of aliphatic hydroxyl groups excluding tert-OH is 1. The molecule has 1 rings (SSSR count). The Bertz CT molecular complexity index is 595. The van der Waals surface area contributed by atoms with Crippen molar-refractivity contribution in [1.29, 1.82) is 0 Å². The number of unbranched alkanes of at least 4 members (excludes halogenated alkanes) is 3. The van der Waals surface area contributed by atoms with Crippen molar-refractivity contribution in [1.82, 2.24) is 4.90 Å². The van der Waals surface area contributed by atoms with E-state index >= 15 is 0 Å². The van der Waals surface area contributed by atoms with Crippen molar-refractivity contribution in [2.45, 2.75) is 76.9 Å². The average molecular weight is 385 g/mol. The number of aliphatic carboxylic acids is 1. The molecule has 1 heterocycles. The Kier molecular flexibility index (Phi) is 9.44. The fraction of sp³-hybridized carbons (Fsp3) is 0.700. The minimum Gasteiger partial charge on any atom is -0.481 e. The number of hydrogen-bond acceptors (Lipinski definition) is 3. The second-order valence-corrected chi connectivity index (χ2v) is 7.02. The predicted molar refractivity (Wildman–Crippen MR) is 98.2 cm³/mol. The third-order valence-electron chi connectivity index (χ3n) is 4.69. The van der Waals surface area contributed by atoms with Gasteiger partial charge in [-0.3, -0.25) is 9.59 Å². The van der Waals surface area contributed by atoms with Gasteiger partial charge in [0.25, 0.3) is 5.91 Å². The van der Waals surface area contributed by atoms with Crippen LogP contribution in [0.5, 0.6) is 0 Å². The molecule has 0 bridgehead atoms. The first-order chi connectivity index (χ1) is 12.7. The number of likely N-dealkylation sites (tertiary alicyclic amines) is 1. The molecular formula is C20H29F2NO4. The topological polar surface area (TPSA) is 77.8 Å². The van der Waals surface area contributed by atoms with Crippen LogP contribution in [-0.4, -0.2) is 51.6 Å². The second-order valence-electron chi connectivity index (χ2n) is 7.02. The number of carboxylic acids is 1. The summed E-state index contributed by atoms with van der Waals surface area (Å²) in [6, 6.07) is -0.745. The molecule has 1 aliphatic heterocycles. The third kappa shape index (κ3) is 7.67. The van der Waals surface area contributed by atoms with Gasteiger partial charge in [0.05, 0.1) is 12.1 Å². The molecule has 1 fully saturated rings. The summed E-state index contributed by atoms with van der Waals surface area (Å²) in [5.41, 5.74) is 0. The second kappa shape index (κ2) is 11.0. The number of hydrogen-bond donors (Lipinski definition) is 2. The van der Waals surface area contributed by atoms with Gasteiger partial charge < -0.3 is 15.1 Å². The van der Waals surface area contributed by atoms with Crippen molar-refractivity contribution < 1.29 is 28.6 Å². The molecule has 0 aliphatic carbocycles. The third-order valence-corrected chi connectivity index (χ3v) is 4.69. The van der Waals surface area contributed by atoms with Crippen LogP contribution in [0, 0.1) is 17.8 Å². The van der Waals surface area contributed by atoms with Crippen LogP contribution in [-0.2, 0) is 9.59 Å². The van der Waals surface area contributed by atoms with E-state index in [2.05, 4.69) is 11.8 Å². The van der Waals surface area contributed by atoms with Crippen molar-refractivity contribution in [2.75, 3.05) is 6.54 Å². The highest BCUT2D eigenvalue weighted by Crippen LogP contribution is 2.34. The summed E-state index contributed by atoms with van der Waals surface area (Å²) >= 11 is 0. The highest BCUT2D eigenvalue weighted by Gasteiger charge is 2.52. The van der Waals surface area contributed by atoms with E-state index in [4.69, 9.17) is 5.11 Å². The molecule has 5 nitrogen and oxygen atoms in total. The molecular weight excluding hydrogens is 356 g/mol. The van der Waals surface area contributed by atoms with Gasteiger partial charge in [-0.2, -0.15) is 8.78 Å². The number of aliphatic hydroxyl groups is 1. The zero-order chi connectivity index (χ0) is 20.4. The SMILES string of the molecule is CC#CC[C@@H](C)[C@@H](O)C=C[C@H]1CC(F)(F)C(=O)N1CCCCCCC(=O)O. The van der Waals surface area contributed by atoms with Gasteiger partial charge in [0.15, 0.2) is 0 Å². The lowest BCUT2D eigenvalue weighted by molar-refractivity contribution is -0.148. The van der Waals surface area contributed by atoms with Gasteiger partial charge in [0.1, 0.15) is 0 Å². The first kappa shape index (κ1) is 23.1. The molecule has 1 saturated heterocycles. The molecule has 0 radical (unpaired) electrons. The van der Waals surface area contributed by atoms with Gasteiger partial charge in [0.2, 0.25) is 0 Å². The Morgan fingerprint density at radius 1 is 1.37 bits per heavy atom. The molecule has 2 N–H and O–H groups in total. The Morgan fingerprint density at radius 3 is 2.67 bits per heavy atom. The fourth-order valence-corrected chi connectivity index (χ4v) is 2.99. The summed E-state index contributed by atoms with van der Waals surface area (Å²) in [5.74, 6) is 0.0706. The lowest BCUT2D eigenvalue weighted by Gasteiger charge is -2.22. The van der Waals surface area contributed by atoms with E-state index in [0.29, 0.717) is 32.1 Å². The monoisotopic (exact) mass is 385 g/mol. The summed E-state index contributed by atoms with van der Waals surface area (Å²) in [6.07, 6.45) is 4.58. The van der Waals surface area contributed by atoms with Crippen LogP contribution in [0.1, 0.15) is 58.8 Å². The maximum Gasteiger partial charge on any atom is 0.327 e. The Labute approximate surface area is 159 Å². The highest BCUT2D eigenvalue weighted by molar-refractivity contribution is 5.86. The maximum atomic E-state index is 13.8. The van der Waals surface area contributed by atoms with Crippen LogP contribution in [0.3, 0.4) is 0 Å². The standard InChI is InChI=1S/C20H29F2NO4/c1-3-4-9-15(2)17(24)12-11-16-14-20(21,22)19(27)23(16)13-8-6-5-7-10-18(25)26/h11-12,15-17,24H,5-10,13-14H2,1-2H3,(H,25,26)/t15-,16+,17+/m1/s1. The summed E-state index contributed by atoms with van der Waals surface area (Å²) in [6.45, 7) is 3.73. The Morgan fingerprint density at radius 2 is 2.04 bits per heavy atom. The van der Waals surface area contributed by atoms with E-state index in [1.165, 1.54) is 12.2 Å². The lowest BCUT2D eigenvalue weighted by Crippen LogP contribution is -2.36. The van der Waals surface area contributed by atoms with Crippen LogP contribution in [0.15, 0.2) is 12.2 Å². The molecule has 7 heteroatoms. The fourth-order valence-electron chi connectivity index (χ4n) is 2.99. The lowest BCUT2D eigenvalue weighted by atomic mass is 10.00. The quantitative estimate of drug-likeness (QED) is 0.325. The minimum atomic E-state index is -3.39. The maximum absolute atomic E-state index is 13.8. The van der Waals surface area contributed by atoms with Crippen LogP contribution >= 0.6 is 0 Å². The molecule has 0 aromatic carbocycles. The van der Waals surface area contributed by atoms with Crippen molar-refractivity contribution in [3.05, 3.63) is 12.2 Å². The molecule has 0 aromatic rings. The van der Waals surface area contributed by atoms with Crippen molar-refractivity contribution >= 4 is 11.9 Å². The number of carbonyl (C=O) groups excluding carboxylic acids is 1.